The van der Waals surface area contributed by atoms with Crippen molar-refractivity contribution in [1.82, 2.24) is 4.57 Å². The zero-order valence-corrected chi connectivity index (χ0v) is 11.9. The topological polar surface area (TPSA) is 42.2 Å². The average Bonchev–Trinajstić information content (AvgIpc) is 2.82. The van der Waals surface area contributed by atoms with Crippen LogP contribution in [0.5, 0.6) is 0 Å². The molecule has 0 amide bonds. The van der Waals surface area contributed by atoms with E-state index in [9.17, 15) is 9.90 Å². The Bertz CT molecular complexity index is 788. The van der Waals surface area contributed by atoms with Crippen LogP contribution in [0.4, 0.5) is 0 Å². The molecule has 0 bridgehead atoms. The summed E-state index contributed by atoms with van der Waals surface area (Å²) in [4.78, 5) is 11.7. The van der Waals surface area contributed by atoms with E-state index in [0.717, 1.165) is 22.0 Å². The zero-order chi connectivity index (χ0) is 14.8. The number of carbonyl (C=O) groups is 1. The van der Waals surface area contributed by atoms with Crippen molar-refractivity contribution in [1.29, 1.82) is 0 Å². The molecule has 3 nitrogen and oxygen atoms in total. The molecule has 0 saturated heterocycles. The van der Waals surface area contributed by atoms with Crippen molar-refractivity contribution in [3.05, 3.63) is 71.4 Å². The lowest BCUT2D eigenvalue weighted by atomic mass is 10.1. The van der Waals surface area contributed by atoms with Crippen LogP contribution in [0, 0.1) is 0 Å². The van der Waals surface area contributed by atoms with Crippen molar-refractivity contribution in [2.45, 2.75) is 19.9 Å². The summed E-state index contributed by atoms with van der Waals surface area (Å²) < 4.78 is 1.91. The number of carboxylic acid groups (broad SMARTS) is 1. The number of aromatic nitrogens is 1. The van der Waals surface area contributed by atoms with Crippen LogP contribution in [0.2, 0.25) is 0 Å². The number of fused-ring (bicyclic) bond motifs is 1. The van der Waals surface area contributed by atoms with E-state index in [1.807, 2.05) is 66.1 Å². The van der Waals surface area contributed by atoms with Crippen LogP contribution in [-0.4, -0.2) is 15.6 Å². The summed E-state index contributed by atoms with van der Waals surface area (Å²) in [5.41, 5.74) is 3.40. The van der Waals surface area contributed by atoms with Gasteiger partial charge in [0.2, 0.25) is 0 Å². The summed E-state index contributed by atoms with van der Waals surface area (Å²) in [6, 6.07) is 17.9. The lowest BCUT2D eigenvalue weighted by Gasteiger charge is -2.09. The van der Waals surface area contributed by atoms with Crippen LogP contribution in [0.3, 0.4) is 0 Å². The fourth-order valence-electron chi connectivity index (χ4n) is 2.91. The molecule has 106 valence electrons. The number of hydrogen-bond acceptors (Lipinski definition) is 1. The van der Waals surface area contributed by atoms with Crippen LogP contribution in [0.15, 0.2) is 54.6 Å². The molecule has 0 aliphatic carbocycles. The summed E-state index contributed by atoms with van der Waals surface area (Å²) in [6.45, 7) is 2.57. The van der Waals surface area contributed by atoms with Crippen molar-refractivity contribution in [3.63, 3.8) is 0 Å². The molecule has 3 heteroatoms. The standard InChI is InChI=1S/C18H17NO2/c1-2-14-15-10-6-7-11-16(15)19(17(14)18(20)21)12-13-8-4-3-5-9-13/h3-11H,2,12H2,1H3,(H,20,21). The highest BCUT2D eigenvalue weighted by atomic mass is 16.4. The summed E-state index contributed by atoms with van der Waals surface area (Å²) in [6.07, 6.45) is 0.712. The van der Waals surface area contributed by atoms with Gasteiger partial charge in [0.25, 0.3) is 0 Å². The number of carboxylic acids is 1. The maximum atomic E-state index is 11.7. The molecular formula is C18H17NO2. The van der Waals surface area contributed by atoms with E-state index in [1.165, 1.54) is 0 Å². The molecule has 0 fully saturated rings. The Balaban J connectivity index is 2.24. The number of rotatable bonds is 4. The first-order valence-electron chi connectivity index (χ1n) is 7.09. The first-order valence-corrected chi connectivity index (χ1v) is 7.09. The minimum absolute atomic E-state index is 0.405. The predicted molar refractivity (Wildman–Crippen MR) is 83.8 cm³/mol. The molecule has 0 spiro atoms. The van der Waals surface area contributed by atoms with Gasteiger partial charge in [-0.05, 0) is 23.6 Å². The third kappa shape index (κ3) is 2.31. The molecule has 1 N–H and O–H groups in total. The van der Waals surface area contributed by atoms with Crippen molar-refractivity contribution in [2.75, 3.05) is 0 Å². The zero-order valence-electron chi connectivity index (χ0n) is 11.9. The van der Waals surface area contributed by atoms with E-state index in [2.05, 4.69) is 0 Å². The Morgan fingerprint density at radius 2 is 1.71 bits per heavy atom. The van der Waals surface area contributed by atoms with E-state index < -0.39 is 5.97 Å². The van der Waals surface area contributed by atoms with Gasteiger partial charge in [-0.1, -0.05) is 55.5 Å². The van der Waals surface area contributed by atoms with E-state index in [-0.39, 0.29) is 0 Å². The Hall–Kier alpha value is -2.55. The molecule has 0 aliphatic rings. The van der Waals surface area contributed by atoms with Crippen LogP contribution >= 0.6 is 0 Å². The first-order chi connectivity index (χ1) is 10.2. The largest absolute Gasteiger partial charge is 0.477 e. The molecule has 1 aromatic heterocycles. The summed E-state index contributed by atoms with van der Waals surface area (Å²) in [7, 11) is 0. The van der Waals surface area contributed by atoms with Gasteiger partial charge in [0.15, 0.2) is 0 Å². The monoisotopic (exact) mass is 279 g/mol. The van der Waals surface area contributed by atoms with E-state index in [1.54, 1.807) is 0 Å². The normalized spacial score (nSPS) is 10.9. The molecule has 0 atom stereocenters. The molecule has 3 rings (SSSR count). The third-order valence-corrected chi connectivity index (χ3v) is 3.82. The lowest BCUT2D eigenvalue weighted by molar-refractivity contribution is 0.0685. The summed E-state index contributed by atoms with van der Waals surface area (Å²) in [5, 5.41) is 10.7. The van der Waals surface area contributed by atoms with Crippen LogP contribution in [0.25, 0.3) is 10.9 Å². The highest BCUT2D eigenvalue weighted by Gasteiger charge is 2.20. The fraction of sp³-hybridized carbons (Fsp3) is 0.167. The minimum Gasteiger partial charge on any atom is -0.477 e. The molecule has 21 heavy (non-hydrogen) atoms. The average molecular weight is 279 g/mol. The second kappa shape index (κ2) is 5.44. The highest BCUT2D eigenvalue weighted by molar-refractivity contribution is 5.98. The molecule has 1 heterocycles. The second-order valence-electron chi connectivity index (χ2n) is 5.07. The third-order valence-electron chi connectivity index (χ3n) is 3.82. The lowest BCUT2D eigenvalue weighted by Crippen LogP contribution is -2.11. The van der Waals surface area contributed by atoms with Crippen molar-refractivity contribution < 1.29 is 9.90 Å². The van der Waals surface area contributed by atoms with Crippen molar-refractivity contribution in [3.8, 4) is 0 Å². The molecule has 0 aliphatic heterocycles. The van der Waals surface area contributed by atoms with Gasteiger partial charge in [0.1, 0.15) is 5.69 Å². The highest BCUT2D eigenvalue weighted by Crippen LogP contribution is 2.27. The maximum Gasteiger partial charge on any atom is 0.352 e. The maximum absolute atomic E-state index is 11.7. The number of benzene rings is 2. The van der Waals surface area contributed by atoms with Gasteiger partial charge in [-0.15, -0.1) is 0 Å². The van der Waals surface area contributed by atoms with Gasteiger partial charge in [0, 0.05) is 17.4 Å². The number of hydrogen-bond donors (Lipinski definition) is 1. The minimum atomic E-state index is -0.862. The second-order valence-corrected chi connectivity index (χ2v) is 5.07. The SMILES string of the molecule is CCc1c(C(=O)O)n(Cc2ccccc2)c2ccccc12. The van der Waals surface area contributed by atoms with Crippen molar-refractivity contribution >= 4 is 16.9 Å². The number of aromatic carboxylic acids is 1. The Morgan fingerprint density at radius 3 is 2.38 bits per heavy atom. The van der Waals surface area contributed by atoms with E-state index in [4.69, 9.17) is 0 Å². The van der Waals surface area contributed by atoms with Gasteiger partial charge in [-0.25, -0.2) is 4.79 Å². The quantitative estimate of drug-likeness (QED) is 0.785. The molecule has 3 aromatic rings. The molecular weight excluding hydrogens is 262 g/mol. The Labute approximate surface area is 123 Å². The summed E-state index contributed by atoms with van der Waals surface area (Å²) in [5.74, 6) is -0.862. The van der Waals surface area contributed by atoms with Crippen LogP contribution < -0.4 is 0 Å². The van der Waals surface area contributed by atoms with Gasteiger partial charge >= 0.3 is 5.97 Å². The van der Waals surface area contributed by atoms with Crippen LogP contribution in [-0.2, 0) is 13.0 Å². The van der Waals surface area contributed by atoms with Gasteiger partial charge in [0.05, 0.1) is 0 Å². The van der Waals surface area contributed by atoms with E-state index in [0.29, 0.717) is 18.7 Å². The fourth-order valence-corrected chi connectivity index (χ4v) is 2.91. The van der Waals surface area contributed by atoms with E-state index >= 15 is 0 Å². The number of para-hydroxylation sites is 1. The van der Waals surface area contributed by atoms with Crippen molar-refractivity contribution in [2.24, 2.45) is 0 Å². The van der Waals surface area contributed by atoms with Crippen LogP contribution in [0.1, 0.15) is 28.5 Å². The number of aryl methyl sites for hydroxylation is 1. The van der Waals surface area contributed by atoms with Gasteiger partial charge in [-0.2, -0.15) is 0 Å². The summed E-state index contributed by atoms with van der Waals surface area (Å²) >= 11 is 0. The smallest absolute Gasteiger partial charge is 0.352 e. The van der Waals surface area contributed by atoms with Gasteiger partial charge in [-0.3, -0.25) is 0 Å². The predicted octanol–water partition coefficient (Wildman–Crippen LogP) is 3.95. The molecule has 2 aromatic carbocycles. The Morgan fingerprint density at radius 1 is 1.05 bits per heavy atom. The Kier molecular flexibility index (Phi) is 3.48. The first kappa shape index (κ1) is 13.4. The molecule has 0 saturated carbocycles. The molecule has 0 unspecified atom stereocenters. The van der Waals surface area contributed by atoms with Gasteiger partial charge < -0.3 is 9.67 Å². The number of nitrogens with zero attached hydrogens (tertiary/aromatic N) is 1. The molecule has 0 radical (unpaired) electrons.